The van der Waals surface area contributed by atoms with E-state index in [0.29, 0.717) is 18.6 Å². The summed E-state index contributed by atoms with van der Waals surface area (Å²) in [6.45, 7) is 7.63. The van der Waals surface area contributed by atoms with E-state index in [1.54, 1.807) is 19.1 Å². The largest absolute Gasteiger partial charge is 0.463 e. The predicted octanol–water partition coefficient (Wildman–Crippen LogP) is 2.07. The second kappa shape index (κ2) is 5.71. The number of carbonyl (C=O) groups excluding carboxylic acids is 1. The Kier molecular flexibility index (Phi) is 5.17. The van der Waals surface area contributed by atoms with Crippen LogP contribution >= 0.6 is 0 Å². The highest BCUT2D eigenvalue weighted by Crippen LogP contribution is 2.02. The van der Waals surface area contributed by atoms with Crippen molar-refractivity contribution in [2.45, 2.75) is 20.3 Å². The smallest absolute Gasteiger partial charge is 0.333 e. The highest BCUT2D eigenvalue weighted by Gasteiger charge is 2.05. The van der Waals surface area contributed by atoms with E-state index in [2.05, 4.69) is 6.58 Å². The Hall–Kier alpha value is -1.05. The first-order valence-electron chi connectivity index (χ1n) is 3.74. The number of hydrogen-bond acceptors (Lipinski definition) is 2. The van der Waals surface area contributed by atoms with E-state index < -0.39 is 0 Å². The van der Waals surface area contributed by atoms with E-state index in [1.165, 1.54) is 0 Å². The van der Waals surface area contributed by atoms with Gasteiger partial charge in [0.15, 0.2) is 0 Å². The molecule has 0 aromatic heterocycles. The van der Waals surface area contributed by atoms with Gasteiger partial charge in [-0.25, -0.2) is 4.79 Å². The van der Waals surface area contributed by atoms with Crippen molar-refractivity contribution in [2.75, 3.05) is 6.61 Å². The van der Waals surface area contributed by atoms with Crippen LogP contribution in [0.25, 0.3) is 0 Å². The summed E-state index contributed by atoms with van der Waals surface area (Å²) in [5, 5.41) is 0. The van der Waals surface area contributed by atoms with Crippen molar-refractivity contribution in [3.8, 4) is 0 Å². The van der Waals surface area contributed by atoms with Crippen LogP contribution in [-0.2, 0) is 9.53 Å². The lowest BCUT2D eigenvalue weighted by molar-refractivity contribution is -0.138. The van der Waals surface area contributed by atoms with E-state index in [4.69, 9.17) is 4.74 Å². The third-order valence-corrected chi connectivity index (χ3v) is 1.24. The van der Waals surface area contributed by atoms with E-state index in [0.717, 1.165) is 0 Å². The van der Waals surface area contributed by atoms with Gasteiger partial charge in [0.2, 0.25) is 0 Å². The molecule has 0 aromatic rings. The molecule has 0 saturated carbocycles. The Bertz CT molecular complexity index is 168. The number of rotatable bonds is 4. The van der Waals surface area contributed by atoms with Crippen LogP contribution in [0.5, 0.6) is 0 Å². The fourth-order valence-corrected chi connectivity index (χ4v) is 0.696. The molecule has 0 fully saturated rings. The molecule has 2 heteroatoms. The molecule has 0 aliphatic carbocycles. The molecule has 0 aliphatic heterocycles. The first-order valence-corrected chi connectivity index (χ1v) is 3.74. The molecule has 62 valence electrons. The van der Waals surface area contributed by atoms with Crippen LogP contribution in [0.2, 0.25) is 0 Å². The first kappa shape index (κ1) is 9.95. The second-order valence-electron chi connectivity index (χ2n) is 2.00. The van der Waals surface area contributed by atoms with E-state index in [1.807, 2.05) is 6.92 Å². The van der Waals surface area contributed by atoms with E-state index >= 15 is 0 Å². The summed E-state index contributed by atoms with van der Waals surface area (Å²) < 4.78 is 4.79. The molecule has 0 spiro atoms. The van der Waals surface area contributed by atoms with Gasteiger partial charge in [0.25, 0.3) is 0 Å². The molecule has 0 aliphatic rings. The highest BCUT2D eigenvalue weighted by atomic mass is 16.5. The summed E-state index contributed by atoms with van der Waals surface area (Å²) >= 11 is 0. The van der Waals surface area contributed by atoms with Gasteiger partial charge in [-0.3, -0.25) is 0 Å². The SMILES string of the molecule is C=C/C=C(\CC)C(=O)OCC. The summed E-state index contributed by atoms with van der Waals surface area (Å²) in [6, 6.07) is 0. The van der Waals surface area contributed by atoms with Crippen molar-refractivity contribution in [1.29, 1.82) is 0 Å². The molecule has 0 amide bonds. The minimum Gasteiger partial charge on any atom is -0.463 e. The van der Waals surface area contributed by atoms with Crippen molar-refractivity contribution in [3.05, 3.63) is 24.3 Å². The average Bonchev–Trinajstić information content (AvgIpc) is 2.00. The van der Waals surface area contributed by atoms with Gasteiger partial charge in [-0.1, -0.05) is 25.7 Å². The molecule has 0 bridgehead atoms. The zero-order valence-electron chi connectivity index (χ0n) is 7.09. The van der Waals surface area contributed by atoms with Gasteiger partial charge in [0.05, 0.1) is 6.61 Å². The molecule has 0 unspecified atom stereocenters. The molecule has 0 saturated heterocycles. The second-order valence-corrected chi connectivity index (χ2v) is 2.00. The predicted molar refractivity (Wildman–Crippen MR) is 45.2 cm³/mol. The van der Waals surface area contributed by atoms with Crippen molar-refractivity contribution in [2.24, 2.45) is 0 Å². The molecular weight excluding hydrogens is 140 g/mol. The van der Waals surface area contributed by atoms with Gasteiger partial charge in [-0.2, -0.15) is 0 Å². The quantitative estimate of drug-likeness (QED) is 0.352. The molecule has 0 radical (unpaired) electrons. The Morgan fingerprint density at radius 2 is 2.18 bits per heavy atom. The summed E-state index contributed by atoms with van der Waals surface area (Å²) in [5.41, 5.74) is 0.668. The van der Waals surface area contributed by atoms with Crippen LogP contribution < -0.4 is 0 Å². The van der Waals surface area contributed by atoms with Crippen molar-refractivity contribution in [1.82, 2.24) is 0 Å². The van der Waals surface area contributed by atoms with Crippen molar-refractivity contribution in [3.63, 3.8) is 0 Å². The van der Waals surface area contributed by atoms with Gasteiger partial charge in [0, 0.05) is 5.57 Å². The van der Waals surface area contributed by atoms with Crippen molar-refractivity contribution < 1.29 is 9.53 Å². The molecule has 11 heavy (non-hydrogen) atoms. The molecule has 0 aromatic carbocycles. The van der Waals surface area contributed by atoms with Gasteiger partial charge in [-0.15, -0.1) is 0 Å². The van der Waals surface area contributed by atoms with Crippen LogP contribution in [0.3, 0.4) is 0 Å². The van der Waals surface area contributed by atoms with Crippen LogP contribution in [-0.4, -0.2) is 12.6 Å². The molecule has 2 nitrogen and oxygen atoms in total. The van der Waals surface area contributed by atoms with Gasteiger partial charge < -0.3 is 4.74 Å². The summed E-state index contributed by atoms with van der Waals surface area (Å²) in [5.74, 6) is -0.241. The third-order valence-electron chi connectivity index (χ3n) is 1.24. The Morgan fingerprint density at radius 3 is 2.55 bits per heavy atom. The lowest BCUT2D eigenvalue weighted by Crippen LogP contribution is -2.06. The maximum atomic E-state index is 11.0. The Balaban J connectivity index is 4.13. The normalized spacial score (nSPS) is 10.9. The number of allylic oxidation sites excluding steroid dienone is 2. The van der Waals surface area contributed by atoms with Crippen LogP contribution in [0, 0.1) is 0 Å². The van der Waals surface area contributed by atoms with Gasteiger partial charge >= 0.3 is 5.97 Å². The first-order chi connectivity index (χ1) is 5.26. The third kappa shape index (κ3) is 3.61. The number of esters is 1. The lowest BCUT2D eigenvalue weighted by atomic mass is 10.2. The summed E-state index contributed by atoms with van der Waals surface area (Å²) in [6.07, 6.45) is 3.96. The standard InChI is InChI=1S/C9H14O2/c1-4-7-8(5-2)9(10)11-6-3/h4,7H,1,5-6H2,2-3H3/b8-7+. The van der Waals surface area contributed by atoms with Crippen molar-refractivity contribution >= 4 is 5.97 Å². The number of ether oxygens (including phenoxy) is 1. The zero-order valence-corrected chi connectivity index (χ0v) is 7.09. The van der Waals surface area contributed by atoms with Crippen LogP contribution in [0.1, 0.15) is 20.3 Å². The molecule has 0 atom stereocenters. The van der Waals surface area contributed by atoms with Crippen LogP contribution in [0.4, 0.5) is 0 Å². The van der Waals surface area contributed by atoms with Crippen LogP contribution in [0.15, 0.2) is 24.3 Å². The molecule has 0 rings (SSSR count). The highest BCUT2D eigenvalue weighted by molar-refractivity contribution is 5.88. The Labute approximate surface area is 67.6 Å². The summed E-state index contributed by atoms with van der Waals surface area (Å²) in [7, 11) is 0. The maximum Gasteiger partial charge on any atom is 0.333 e. The zero-order chi connectivity index (χ0) is 8.69. The fraction of sp³-hybridized carbons (Fsp3) is 0.444. The summed E-state index contributed by atoms with van der Waals surface area (Å²) in [4.78, 5) is 11.0. The topological polar surface area (TPSA) is 26.3 Å². The molecule has 0 heterocycles. The maximum absolute atomic E-state index is 11.0. The minimum atomic E-state index is -0.241. The minimum absolute atomic E-state index is 0.241. The van der Waals surface area contributed by atoms with E-state index in [9.17, 15) is 4.79 Å². The number of hydrogen-bond donors (Lipinski definition) is 0. The lowest BCUT2D eigenvalue weighted by Gasteiger charge is -2.01. The van der Waals surface area contributed by atoms with Gasteiger partial charge in [0.1, 0.15) is 0 Å². The monoisotopic (exact) mass is 154 g/mol. The Morgan fingerprint density at radius 1 is 1.55 bits per heavy atom. The molecule has 0 N–H and O–H groups in total. The van der Waals surface area contributed by atoms with E-state index in [-0.39, 0.29) is 5.97 Å². The number of carbonyl (C=O) groups is 1. The van der Waals surface area contributed by atoms with Gasteiger partial charge in [-0.05, 0) is 13.3 Å². The molecular formula is C9H14O2. The average molecular weight is 154 g/mol. The fourth-order valence-electron chi connectivity index (χ4n) is 0.696.